The molecule has 0 saturated heterocycles. The zero-order valence-corrected chi connectivity index (χ0v) is 13.4. The number of esters is 1. The van der Waals surface area contributed by atoms with Crippen molar-refractivity contribution in [3.05, 3.63) is 27.6 Å². The molecule has 0 aliphatic rings. The number of hydrogen-bond donors (Lipinski definition) is 2. The summed E-state index contributed by atoms with van der Waals surface area (Å²) in [7, 11) is -2.69. The molecule has 0 fully saturated rings. The monoisotopic (exact) mass is 329 g/mol. The number of carbonyl (C=O) groups excluding carboxylic acids is 1. The topological polar surface area (TPSA) is 101 Å². The molecule has 9 heteroatoms. The molecule has 0 saturated carbocycles. The molecule has 7 nitrogen and oxygen atoms in total. The van der Waals surface area contributed by atoms with Crippen LogP contribution in [0, 0.1) is 6.92 Å². The number of nitrogens with zero attached hydrogens (tertiary/aromatic N) is 1. The summed E-state index contributed by atoms with van der Waals surface area (Å²) in [5, 5.41) is 8.20. The molecule has 0 aliphatic heterocycles. The van der Waals surface area contributed by atoms with Gasteiger partial charge in [0.15, 0.2) is 5.82 Å². The number of rotatable bonds is 5. The maximum Gasteiger partial charge on any atom is 0.349 e. The molecule has 0 radical (unpaired) electrons. The minimum Gasteiger partial charge on any atom is -0.465 e. The van der Waals surface area contributed by atoms with E-state index in [0.717, 1.165) is 17.0 Å². The van der Waals surface area contributed by atoms with Crippen molar-refractivity contribution in [2.45, 2.75) is 25.2 Å². The maximum atomic E-state index is 12.5. The Kier molecular flexibility index (Phi) is 4.33. The minimum absolute atomic E-state index is 0.0498. The van der Waals surface area contributed by atoms with Gasteiger partial charge in [0.25, 0.3) is 10.0 Å². The molecule has 2 N–H and O–H groups in total. The van der Waals surface area contributed by atoms with Gasteiger partial charge in [0.05, 0.1) is 7.11 Å². The van der Waals surface area contributed by atoms with Crippen LogP contribution in [0.4, 0.5) is 5.82 Å². The molecule has 2 rings (SSSR count). The Balaban J connectivity index is 2.40. The van der Waals surface area contributed by atoms with Gasteiger partial charge in [0.1, 0.15) is 9.77 Å². The summed E-state index contributed by atoms with van der Waals surface area (Å²) in [5.74, 6) is -0.488. The number of aromatic nitrogens is 2. The average molecular weight is 329 g/mol. The van der Waals surface area contributed by atoms with Crippen LogP contribution in [0.1, 0.15) is 27.9 Å². The van der Waals surface area contributed by atoms with E-state index in [1.807, 2.05) is 6.92 Å². The molecule has 0 atom stereocenters. The van der Waals surface area contributed by atoms with E-state index in [0.29, 0.717) is 12.0 Å². The van der Waals surface area contributed by atoms with E-state index in [1.54, 1.807) is 18.4 Å². The summed E-state index contributed by atoms with van der Waals surface area (Å²) >= 11 is 1.03. The Bertz CT molecular complexity index is 761. The summed E-state index contributed by atoms with van der Waals surface area (Å²) in [6.07, 6.45) is 0.708. The lowest BCUT2D eigenvalue weighted by molar-refractivity contribution is 0.0602. The molecule has 0 spiro atoms. The first-order valence-corrected chi connectivity index (χ1v) is 8.48. The Morgan fingerprint density at radius 2 is 2.24 bits per heavy atom. The van der Waals surface area contributed by atoms with E-state index < -0.39 is 16.0 Å². The Labute approximate surface area is 126 Å². The van der Waals surface area contributed by atoms with Gasteiger partial charge in [-0.3, -0.25) is 9.82 Å². The van der Waals surface area contributed by atoms with Crippen LogP contribution in [0.15, 0.2) is 16.3 Å². The highest BCUT2D eigenvalue weighted by molar-refractivity contribution is 7.93. The van der Waals surface area contributed by atoms with Crippen LogP contribution in [0.3, 0.4) is 0 Å². The molecular formula is C12H15N3O4S2. The first-order valence-electron chi connectivity index (χ1n) is 6.12. The molecule has 114 valence electrons. The molecular weight excluding hydrogens is 314 g/mol. The summed E-state index contributed by atoms with van der Waals surface area (Å²) in [6, 6.07) is 1.61. The minimum atomic E-state index is -3.90. The van der Waals surface area contributed by atoms with Gasteiger partial charge in [-0.25, -0.2) is 13.2 Å². The van der Waals surface area contributed by atoms with Gasteiger partial charge in [-0.15, -0.1) is 11.3 Å². The van der Waals surface area contributed by atoms with E-state index in [1.165, 1.54) is 7.11 Å². The number of aromatic amines is 1. The average Bonchev–Trinajstić information content (AvgIpc) is 3.04. The maximum absolute atomic E-state index is 12.5. The second kappa shape index (κ2) is 5.86. The molecule has 0 amide bonds. The third-order valence-corrected chi connectivity index (χ3v) is 5.56. The first-order chi connectivity index (χ1) is 9.89. The van der Waals surface area contributed by atoms with Crippen molar-refractivity contribution in [2.24, 2.45) is 0 Å². The van der Waals surface area contributed by atoms with Gasteiger partial charge >= 0.3 is 5.97 Å². The fourth-order valence-corrected chi connectivity index (χ4v) is 4.48. The normalized spacial score (nSPS) is 11.4. The molecule has 0 aliphatic carbocycles. The molecule has 0 unspecified atom stereocenters. The number of carbonyl (C=O) groups is 1. The van der Waals surface area contributed by atoms with Crippen LogP contribution in [0.5, 0.6) is 0 Å². The van der Waals surface area contributed by atoms with E-state index in [9.17, 15) is 13.2 Å². The van der Waals surface area contributed by atoms with Crippen LogP contribution < -0.4 is 4.72 Å². The van der Waals surface area contributed by atoms with Crippen molar-refractivity contribution in [1.82, 2.24) is 10.2 Å². The molecule has 2 aromatic heterocycles. The van der Waals surface area contributed by atoms with Crippen molar-refractivity contribution < 1.29 is 17.9 Å². The Morgan fingerprint density at radius 1 is 1.52 bits per heavy atom. The third kappa shape index (κ3) is 3.08. The SMILES string of the molecule is CCc1cc(NS(=O)(=O)c2c(C)csc2C(=O)OC)n[nH]1. The largest absolute Gasteiger partial charge is 0.465 e. The van der Waals surface area contributed by atoms with E-state index in [-0.39, 0.29) is 15.6 Å². The number of ether oxygens (including phenoxy) is 1. The van der Waals surface area contributed by atoms with Gasteiger partial charge in [-0.05, 0) is 24.3 Å². The lowest BCUT2D eigenvalue weighted by Crippen LogP contribution is -2.17. The standard InChI is InChI=1S/C12H15N3O4S2/c1-4-8-5-9(14-13-8)15-21(17,18)11-7(2)6-20-10(11)12(16)19-3/h5-6H,4H2,1-3H3,(H2,13,14,15). The van der Waals surface area contributed by atoms with Crippen molar-refractivity contribution in [2.75, 3.05) is 11.8 Å². The van der Waals surface area contributed by atoms with E-state index in [2.05, 4.69) is 19.7 Å². The second-order valence-corrected chi connectivity index (χ2v) is 6.80. The van der Waals surface area contributed by atoms with Gasteiger partial charge in [-0.2, -0.15) is 5.10 Å². The number of anilines is 1. The van der Waals surface area contributed by atoms with Crippen LogP contribution in [-0.4, -0.2) is 31.7 Å². The van der Waals surface area contributed by atoms with Gasteiger partial charge in [0.2, 0.25) is 0 Å². The van der Waals surface area contributed by atoms with Gasteiger partial charge < -0.3 is 4.74 Å². The van der Waals surface area contributed by atoms with Crippen molar-refractivity contribution in [1.29, 1.82) is 0 Å². The first kappa shape index (κ1) is 15.5. The number of aryl methyl sites for hydroxylation is 2. The lowest BCUT2D eigenvalue weighted by Gasteiger charge is -2.07. The van der Waals surface area contributed by atoms with E-state index >= 15 is 0 Å². The Hall–Kier alpha value is -1.87. The quantitative estimate of drug-likeness (QED) is 0.816. The zero-order chi connectivity index (χ0) is 15.6. The highest BCUT2D eigenvalue weighted by Gasteiger charge is 2.28. The van der Waals surface area contributed by atoms with Crippen LogP contribution in [0.2, 0.25) is 0 Å². The number of thiophene rings is 1. The highest BCUT2D eigenvalue weighted by Crippen LogP contribution is 2.29. The second-order valence-electron chi connectivity index (χ2n) is 4.31. The summed E-state index contributed by atoms with van der Waals surface area (Å²) in [4.78, 5) is 11.7. The van der Waals surface area contributed by atoms with E-state index in [4.69, 9.17) is 0 Å². The van der Waals surface area contributed by atoms with Gasteiger partial charge in [-0.1, -0.05) is 6.92 Å². The Morgan fingerprint density at radius 3 is 2.81 bits per heavy atom. The van der Waals surface area contributed by atoms with Crippen LogP contribution in [-0.2, 0) is 21.2 Å². The predicted molar refractivity (Wildman–Crippen MR) is 79.2 cm³/mol. The number of H-pyrrole nitrogens is 1. The fourth-order valence-electron chi connectivity index (χ4n) is 1.78. The summed E-state index contributed by atoms with van der Waals surface area (Å²) in [6.45, 7) is 3.55. The predicted octanol–water partition coefficient (Wildman–Crippen LogP) is 1.93. The highest BCUT2D eigenvalue weighted by atomic mass is 32.2. The number of methoxy groups -OCH3 is 1. The van der Waals surface area contributed by atoms with Crippen LogP contribution >= 0.6 is 11.3 Å². The number of sulfonamides is 1. The number of hydrogen-bond acceptors (Lipinski definition) is 6. The molecule has 2 heterocycles. The van der Waals surface area contributed by atoms with Gasteiger partial charge in [0, 0.05) is 11.8 Å². The fraction of sp³-hybridized carbons (Fsp3) is 0.333. The molecule has 2 aromatic rings. The van der Waals surface area contributed by atoms with Crippen molar-refractivity contribution in [3.8, 4) is 0 Å². The smallest absolute Gasteiger partial charge is 0.349 e. The summed E-state index contributed by atoms with van der Waals surface area (Å²) in [5.41, 5.74) is 1.29. The number of nitrogens with one attached hydrogen (secondary N) is 2. The van der Waals surface area contributed by atoms with Crippen molar-refractivity contribution in [3.63, 3.8) is 0 Å². The lowest BCUT2D eigenvalue weighted by atomic mass is 10.3. The molecule has 0 aromatic carbocycles. The zero-order valence-electron chi connectivity index (χ0n) is 11.8. The molecule has 0 bridgehead atoms. The van der Waals surface area contributed by atoms with Crippen molar-refractivity contribution >= 4 is 33.1 Å². The summed E-state index contributed by atoms with van der Waals surface area (Å²) < 4.78 is 31.9. The van der Waals surface area contributed by atoms with Crippen LogP contribution in [0.25, 0.3) is 0 Å². The molecule has 21 heavy (non-hydrogen) atoms. The third-order valence-electron chi connectivity index (χ3n) is 2.81.